The van der Waals surface area contributed by atoms with E-state index in [1.54, 1.807) is 0 Å². The van der Waals surface area contributed by atoms with E-state index < -0.39 is 0 Å². The number of carbonyl (C=O) groups is 1. The van der Waals surface area contributed by atoms with Crippen molar-refractivity contribution in [2.75, 3.05) is 0 Å². The maximum absolute atomic E-state index is 12.3. The lowest BCUT2D eigenvalue weighted by molar-refractivity contribution is -0.118. The predicted octanol–water partition coefficient (Wildman–Crippen LogP) is 3.49. The first-order valence-corrected chi connectivity index (χ1v) is 10.2. The molecule has 142 valence electrons. The predicted molar refractivity (Wildman–Crippen MR) is 112 cm³/mol. The number of hydrogen-bond donors (Lipinski definition) is 0. The summed E-state index contributed by atoms with van der Waals surface area (Å²) in [6.07, 6.45) is 8.20. The van der Waals surface area contributed by atoms with E-state index in [1.165, 1.54) is 17.3 Å². The van der Waals surface area contributed by atoms with Crippen LogP contribution in [0.15, 0.2) is 69.8 Å². The van der Waals surface area contributed by atoms with E-state index in [0.29, 0.717) is 5.84 Å². The average Bonchev–Trinajstić information content (AvgIpc) is 3.09. The summed E-state index contributed by atoms with van der Waals surface area (Å²) >= 11 is 1.53. The molecular formula is C21H21N5OS. The zero-order valence-corrected chi connectivity index (χ0v) is 16.6. The fraction of sp³-hybridized carbons (Fsp3) is 0.286. The van der Waals surface area contributed by atoms with Gasteiger partial charge in [0.1, 0.15) is 17.6 Å². The molecule has 0 saturated heterocycles. The summed E-state index contributed by atoms with van der Waals surface area (Å²) in [6, 6.07) is 10.2. The fourth-order valence-corrected chi connectivity index (χ4v) is 4.19. The Bertz CT molecular complexity index is 1000. The van der Waals surface area contributed by atoms with Gasteiger partial charge < -0.3 is 4.57 Å². The number of benzene rings is 1. The van der Waals surface area contributed by atoms with Crippen molar-refractivity contribution >= 4 is 29.2 Å². The maximum Gasteiger partial charge on any atom is 0.260 e. The molecule has 7 heteroatoms. The highest BCUT2D eigenvalue weighted by Gasteiger charge is 2.29. The van der Waals surface area contributed by atoms with Gasteiger partial charge in [0.2, 0.25) is 0 Å². The Hall–Kier alpha value is -2.80. The van der Waals surface area contributed by atoms with Gasteiger partial charge >= 0.3 is 0 Å². The molecule has 2 atom stereocenters. The summed E-state index contributed by atoms with van der Waals surface area (Å²) < 4.78 is 2.11. The Balaban J connectivity index is 1.53. The second kappa shape index (κ2) is 8.06. The molecule has 1 aromatic heterocycles. The van der Waals surface area contributed by atoms with Crippen LogP contribution in [0.3, 0.4) is 0 Å². The lowest BCUT2D eigenvalue weighted by Crippen LogP contribution is -2.30. The number of aromatic nitrogens is 3. The first kappa shape index (κ1) is 18.6. The molecule has 0 fully saturated rings. The molecule has 0 spiro atoms. The second-order valence-electron chi connectivity index (χ2n) is 6.63. The van der Waals surface area contributed by atoms with Crippen LogP contribution in [-0.2, 0) is 17.8 Å². The lowest BCUT2D eigenvalue weighted by Gasteiger charge is -2.20. The normalized spacial score (nSPS) is 19.2. The quantitative estimate of drug-likeness (QED) is 0.707. The Morgan fingerprint density at radius 1 is 1.14 bits per heavy atom. The molecule has 2 aromatic rings. The third-order valence-electron chi connectivity index (χ3n) is 4.70. The standard InChI is InChI=1S/C21H21N5OS/c1-3-26-18(13-15-9-5-4-6-10-15)24-25-21(26)28-14(2)19-22-17-12-8-7-11-16(17)20(27)23-19/h4-12,14,16H,3,13H2,1-2H3. The van der Waals surface area contributed by atoms with Crippen LogP contribution in [0.4, 0.5) is 0 Å². The van der Waals surface area contributed by atoms with Crippen molar-refractivity contribution in [3.05, 3.63) is 66.0 Å². The van der Waals surface area contributed by atoms with Crippen LogP contribution < -0.4 is 0 Å². The smallest absolute Gasteiger partial charge is 0.260 e. The highest BCUT2D eigenvalue weighted by molar-refractivity contribution is 8.00. The van der Waals surface area contributed by atoms with Gasteiger partial charge in [-0.25, -0.2) is 4.99 Å². The molecule has 1 amide bonds. The van der Waals surface area contributed by atoms with Gasteiger partial charge in [0.25, 0.3) is 5.91 Å². The van der Waals surface area contributed by atoms with Gasteiger partial charge in [0.15, 0.2) is 5.16 Å². The fourth-order valence-electron chi connectivity index (χ4n) is 3.21. The van der Waals surface area contributed by atoms with Gasteiger partial charge in [-0.3, -0.25) is 4.79 Å². The lowest BCUT2D eigenvalue weighted by atomic mass is 9.96. The van der Waals surface area contributed by atoms with Crippen molar-refractivity contribution < 1.29 is 4.79 Å². The molecule has 1 aromatic carbocycles. The number of amides is 1. The van der Waals surface area contributed by atoms with Crippen molar-refractivity contribution in [1.29, 1.82) is 0 Å². The average molecular weight is 392 g/mol. The number of aliphatic imine (C=N–C) groups is 2. The van der Waals surface area contributed by atoms with Crippen molar-refractivity contribution in [2.24, 2.45) is 15.9 Å². The van der Waals surface area contributed by atoms with Crippen LogP contribution >= 0.6 is 11.8 Å². The molecule has 1 aliphatic carbocycles. The highest BCUT2D eigenvalue weighted by atomic mass is 32.2. The number of carbonyl (C=O) groups excluding carboxylic acids is 1. The first-order valence-electron chi connectivity index (χ1n) is 9.34. The van der Waals surface area contributed by atoms with E-state index in [2.05, 4.69) is 43.8 Å². The van der Waals surface area contributed by atoms with E-state index in [-0.39, 0.29) is 17.1 Å². The van der Waals surface area contributed by atoms with Gasteiger partial charge in [-0.1, -0.05) is 60.3 Å². The summed E-state index contributed by atoms with van der Waals surface area (Å²) in [6.45, 7) is 4.85. The molecule has 0 N–H and O–H groups in total. The molecule has 1 aliphatic heterocycles. The summed E-state index contributed by atoms with van der Waals surface area (Å²) in [4.78, 5) is 21.2. The Kier molecular flexibility index (Phi) is 5.34. The van der Waals surface area contributed by atoms with E-state index in [9.17, 15) is 4.79 Å². The van der Waals surface area contributed by atoms with Crippen LogP contribution in [0.2, 0.25) is 0 Å². The molecule has 0 saturated carbocycles. The minimum Gasteiger partial charge on any atom is -0.306 e. The van der Waals surface area contributed by atoms with Crippen molar-refractivity contribution in [3.8, 4) is 0 Å². The largest absolute Gasteiger partial charge is 0.306 e. The molecule has 28 heavy (non-hydrogen) atoms. The number of nitrogens with zero attached hydrogens (tertiary/aromatic N) is 5. The molecule has 2 unspecified atom stereocenters. The van der Waals surface area contributed by atoms with Crippen LogP contribution in [0.5, 0.6) is 0 Å². The zero-order chi connectivity index (χ0) is 19.5. The van der Waals surface area contributed by atoms with Gasteiger partial charge in [-0.05, 0) is 25.5 Å². The van der Waals surface area contributed by atoms with E-state index in [4.69, 9.17) is 0 Å². The van der Waals surface area contributed by atoms with Gasteiger partial charge in [0.05, 0.1) is 11.0 Å². The third-order valence-corrected chi connectivity index (χ3v) is 5.77. The summed E-state index contributed by atoms with van der Waals surface area (Å²) in [7, 11) is 0. The van der Waals surface area contributed by atoms with Crippen LogP contribution in [0.1, 0.15) is 25.2 Å². The van der Waals surface area contributed by atoms with Gasteiger partial charge in [0, 0.05) is 13.0 Å². The number of rotatable bonds is 6. The summed E-state index contributed by atoms with van der Waals surface area (Å²) in [5.74, 6) is 0.964. The number of allylic oxidation sites excluding steroid dienone is 3. The van der Waals surface area contributed by atoms with Crippen molar-refractivity contribution in [3.63, 3.8) is 0 Å². The summed E-state index contributed by atoms with van der Waals surface area (Å²) in [5, 5.41) is 9.49. The summed E-state index contributed by atoms with van der Waals surface area (Å²) in [5.41, 5.74) is 1.96. The molecule has 0 bridgehead atoms. The van der Waals surface area contributed by atoms with E-state index in [0.717, 1.165) is 29.7 Å². The minimum atomic E-state index is -0.345. The molecule has 2 heterocycles. The molecule has 6 nitrogen and oxygen atoms in total. The third kappa shape index (κ3) is 3.75. The Morgan fingerprint density at radius 2 is 1.96 bits per heavy atom. The monoisotopic (exact) mass is 391 g/mol. The van der Waals surface area contributed by atoms with Crippen molar-refractivity contribution in [1.82, 2.24) is 14.8 Å². The Morgan fingerprint density at radius 3 is 2.75 bits per heavy atom. The zero-order valence-electron chi connectivity index (χ0n) is 15.8. The highest BCUT2D eigenvalue weighted by Crippen LogP contribution is 2.27. The molecule has 4 rings (SSSR count). The number of thioether (sulfide) groups is 1. The minimum absolute atomic E-state index is 0.101. The van der Waals surface area contributed by atoms with E-state index in [1.807, 2.05) is 49.4 Å². The molecule has 0 radical (unpaired) electrons. The molecule has 2 aliphatic rings. The maximum atomic E-state index is 12.3. The van der Waals surface area contributed by atoms with E-state index >= 15 is 0 Å². The Labute approximate surface area is 168 Å². The number of hydrogen-bond acceptors (Lipinski definition) is 5. The number of fused-ring (bicyclic) bond motifs is 1. The van der Waals surface area contributed by atoms with Gasteiger partial charge in [-0.2, -0.15) is 4.99 Å². The SMILES string of the molecule is CCn1c(Cc2ccccc2)nnc1SC(C)C1=NC(=O)C2C=CC=CC2=N1. The molecular weight excluding hydrogens is 370 g/mol. The van der Waals surface area contributed by atoms with Crippen LogP contribution in [0, 0.1) is 5.92 Å². The van der Waals surface area contributed by atoms with Crippen LogP contribution in [0.25, 0.3) is 0 Å². The van der Waals surface area contributed by atoms with Gasteiger partial charge in [-0.15, -0.1) is 10.2 Å². The first-order chi connectivity index (χ1) is 13.7. The number of amidine groups is 1. The van der Waals surface area contributed by atoms with Crippen molar-refractivity contribution in [2.45, 2.75) is 37.2 Å². The van der Waals surface area contributed by atoms with Crippen LogP contribution in [-0.4, -0.2) is 37.5 Å². The second-order valence-corrected chi connectivity index (χ2v) is 7.94. The topological polar surface area (TPSA) is 72.5 Å².